The zero-order valence-corrected chi connectivity index (χ0v) is 12.0. The van der Waals surface area contributed by atoms with Crippen molar-refractivity contribution in [1.29, 1.82) is 0 Å². The van der Waals surface area contributed by atoms with Crippen molar-refractivity contribution in [2.45, 2.75) is 30.7 Å². The Morgan fingerprint density at radius 2 is 2.43 bits per heavy atom. The molecule has 5 atom stereocenters. The van der Waals surface area contributed by atoms with Gasteiger partial charge in [-0.3, -0.25) is 9.59 Å². The molecule has 4 heterocycles. The second kappa shape index (κ2) is 4.55. The number of carbonyl (C=O) groups is 2. The fourth-order valence-electron chi connectivity index (χ4n) is 4.17. The van der Waals surface area contributed by atoms with E-state index in [1.54, 1.807) is 4.90 Å². The number of likely N-dealkylation sites (tertiary alicyclic amines) is 1. The van der Waals surface area contributed by atoms with Crippen LogP contribution in [0.2, 0.25) is 0 Å². The van der Waals surface area contributed by atoms with Crippen molar-refractivity contribution in [3.05, 3.63) is 12.2 Å². The first-order valence-electron chi connectivity index (χ1n) is 7.50. The minimum Gasteiger partial charge on any atom is -0.469 e. The molecule has 6 nitrogen and oxygen atoms in total. The number of rotatable bonds is 3. The first kappa shape index (κ1) is 13.3. The molecule has 3 fully saturated rings. The summed E-state index contributed by atoms with van der Waals surface area (Å²) in [7, 11) is 1.36. The molecule has 1 amide bonds. The van der Waals surface area contributed by atoms with E-state index in [4.69, 9.17) is 14.2 Å². The highest BCUT2D eigenvalue weighted by Gasteiger charge is 2.67. The second-order valence-corrected chi connectivity index (χ2v) is 6.28. The maximum absolute atomic E-state index is 12.7. The van der Waals surface area contributed by atoms with Crippen LogP contribution in [0.25, 0.3) is 0 Å². The van der Waals surface area contributed by atoms with E-state index in [2.05, 4.69) is 0 Å². The molecule has 0 aromatic carbocycles. The topological polar surface area (TPSA) is 65.1 Å². The van der Waals surface area contributed by atoms with Gasteiger partial charge in [0.15, 0.2) is 0 Å². The van der Waals surface area contributed by atoms with Crippen LogP contribution >= 0.6 is 0 Å². The highest BCUT2D eigenvalue weighted by atomic mass is 16.5. The normalized spacial score (nSPS) is 43.7. The van der Waals surface area contributed by atoms with Gasteiger partial charge in [0.25, 0.3) is 0 Å². The van der Waals surface area contributed by atoms with Gasteiger partial charge in [0.2, 0.25) is 5.91 Å². The lowest BCUT2D eigenvalue weighted by Crippen LogP contribution is -2.40. The van der Waals surface area contributed by atoms with E-state index in [0.29, 0.717) is 13.1 Å². The largest absolute Gasteiger partial charge is 0.469 e. The Labute approximate surface area is 123 Å². The standard InChI is InChI=1S/C15H19NO5/c1-19-14(18)11-10-4-5-15(21-10)8-16(13(17)12(11)15)7-9-3-2-6-20-9/h4-5,9-12H,2-3,6-8H2,1H3/t9-,10-,11+,12+,15-/m1/s1. The van der Waals surface area contributed by atoms with Gasteiger partial charge < -0.3 is 19.1 Å². The van der Waals surface area contributed by atoms with E-state index in [0.717, 1.165) is 19.4 Å². The van der Waals surface area contributed by atoms with Gasteiger partial charge in [-0.05, 0) is 12.8 Å². The quantitative estimate of drug-likeness (QED) is 0.546. The Morgan fingerprint density at radius 3 is 3.14 bits per heavy atom. The Kier molecular flexibility index (Phi) is 2.87. The van der Waals surface area contributed by atoms with Crippen LogP contribution in [0, 0.1) is 11.8 Å². The van der Waals surface area contributed by atoms with Gasteiger partial charge in [0, 0.05) is 13.2 Å². The Morgan fingerprint density at radius 1 is 1.57 bits per heavy atom. The molecule has 0 aromatic rings. The molecule has 0 N–H and O–H groups in total. The molecule has 0 saturated carbocycles. The molecule has 1 spiro atoms. The molecular formula is C15H19NO5. The van der Waals surface area contributed by atoms with Gasteiger partial charge in [-0.15, -0.1) is 0 Å². The van der Waals surface area contributed by atoms with Crippen molar-refractivity contribution >= 4 is 11.9 Å². The third-order valence-corrected chi connectivity index (χ3v) is 5.10. The van der Waals surface area contributed by atoms with E-state index in [1.165, 1.54) is 7.11 Å². The summed E-state index contributed by atoms with van der Waals surface area (Å²) in [6.45, 7) is 1.87. The number of esters is 1. The first-order chi connectivity index (χ1) is 10.1. The summed E-state index contributed by atoms with van der Waals surface area (Å²) in [6.07, 6.45) is 5.67. The number of amides is 1. The molecule has 2 bridgehead atoms. The highest BCUT2D eigenvalue weighted by Crippen LogP contribution is 2.52. The molecule has 0 radical (unpaired) electrons. The number of hydrogen-bond donors (Lipinski definition) is 0. The summed E-state index contributed by atoms with van der Waals surface area (Å²) < 4.78 is 16.4. The lowest BCUT2D eigenvalue weighted by Gasteiger charge is -2.23. The first-order valence-corrected chi connectivity index (χ1v) is 7.50. The summed E-state index contributed by atoms with van der Waals surface area (Å²) in [5, 5.41) is 0. The summed E-state index contributed by atoms with van der Waals surface area (Å²) in [4.78, 5) is 26.5. The summed E-state index contributed by atoms with van der Waals surface area (Å²) >= 11 is 0. The van der Waals surface area contributed by atoms with Gasteiger partial charge in [-0.25, -0.2) is 0 Å². The van der Waals surface area contributed by atoms with Crippen LogP contribution < -0.4 is 0 Å². The van der Waals surface area contributed by atoms with Gasteiger partial charge in [-0.2, -0.15) is 0 Å². The van der Waals surface area contributed by atoms with Crippen LogP contribution in [-0.2, 0) is 23.8 Å². The second-order valence-electron chi connectivity index (χ2n) is 6.28. The molecule has 0 aromatic heterocycles. The number of methoxy groups -OCH3 is 1. The molecule has 4 rings (SSSR count). The van der Waals surface area contributed by atoms with Gasteiger partial charge in [0.05, 0.1) is 31.8 Å². The minimum absolute atomic E-state index is 0.00671. The third-order valence-electron chi connectivity index (χ3n) is 5.10. The van der Waals surface area contributed by atoms with Gasteiger partial charge >= 0.3 is 5.97 Å². The van der Waals surface area contributed by atoms with Crippen LogP contribution in [0.4, 0.5) is 0 Å². The van der Waals surface area contributed by atoms with Crippen molar-refractivity contribution in [1.82, 2.24) is 4.90 Å². The molecule has 4 aliphatic rings. The predicted molar refractivity (Wildman–Crippen MR) is 71.3 cm³/mol. The van der Waals surface area contributed by atoms with Crippen molar-refractivity contribution in [3.8, 4) is 0 Å². The fourth-order valence-corrected chi connectivity index (χ4v) is 4.17. The van der Waals surface area contributed by atoms with Crippen LogP contribution in [-0.4, -0.2) is 61.4 Å². The molecule has 4 aliphatic heterocycles. The molecule has 0 aliphatic carbocycles. The summed E-state index contributed by atoms with van der Waals surface area (Å²) in [5.41, 5.74) is -0.640. The summed E-state index contributed by atoms with van der Waals surface area (Å²) in [6, 6.07) is 0. The van der Waals surface area contributed by atoms with Crippen LogP contribution in [0.5, 0.6) is 0 Å². The van der Waals surface area contributed by atoms with Crippen molar-refractivity contribution < 1.29 is 23.8 Å². The maximum Gasteiger partial charge on any atom is 0.312 e. The fraction of sp³-hybridized carbons (Fsp3) is 0.733. The highest BCUT2D eigenvalue weighted by molar-refractivity contribution is 5.91. The molecule has 114 valence electrons. The lowest BCUT2D eigenvalue weighted by molar-refractivity contribution is -0.151. The zero-order chi connectivity index (χ0) is 14.6. The van der Waals surface area contributed by atoms with E-state index in [9.17, 15) is 9.59 Å². The number of hydrogen-bond acceptors (Lipinski definition) is 5. The number of fused-ring (bicyclic) bond motifs is 1. The Balaban J connectivity index is 1.57. The van der Waals surface area contributed by atoms with Crippen molar-refractivity contribution in [3.63, 3.8) is 0 Å². The molecule has 3 saturated heterocycles. The molecule has 6 heteroatoms. The van der Waals surface area contributed by atoms with E-state index in [1.807, 2.05) is 12.2 Å². The number of carbonyl (C=O) groups excluding carboxylic acids is 2. The van der Waals surface area contributed by atoms with E-state index in [-0.39, 0.29) is 24.1 Å². The van der Waals surface area contributed by atoms with Crippen molar-refractivity contribution in [2.75, 3.05) is 26.8 Å². The molecule has 21 heavy (non-hydrogen) atoms. The monoisotopic (exact) mass is 293 g/mol. The smallest absolute Gasteiger partial charge is 0.312 e. The predicted octanol–water partition coefficient (Wildman–Crippen LogP) is 0.120. The number of nitrogens with zero attached hydrogens (tertiary/aromatic N) is 1. The van der Waals surface area contributed by atoms with Crippen molar-refractivity contribution in [2.24, 2.45) is 11.8 Å². The van der Waals surface area contributed by atoms with Crippen LogP contribution in [0.15, 0.2) is 12.2 Å². The van der Waals surface area contributed by atoms with Crippen LogP contribution in [0.3, 0.4) is 0 Å². The summed E-state index contributed by atoms with van der Waals surface area (Å²) in [5.74, 6) is -1.32. The zero-order valence-electron chi connectivity index (χ0n) is 12.0. The average Bonchev–Trinajstić information content (AvgIpc) is 3.22. The average molecular weight is 293 g/mol. The maximum atomic E-state index is 12.7. The third kappa shape index (κ3) is 1.78. The molecule has 0 unspecified atom stereocenters. The van der Waals surface area contributed by atoms with Gasteiger partial charge in [-0.1, -0.05) is 12.2 Å². The Hall–Kier alpha value is -1.40. The van der Waals surface area contributed by atoms with E-state index < -0.39 is 17.4 Å². The Bertz CT molecular complexity index is 512. The number of ether oxygens (including phenoxy) is 3. The van der Waals surface area contributed by atoms with E-state index >= 15 is 0 Å². The molecular weight excluding hydrogens is 274 g/mol. The lowest BCUT2D eigenvalue weighted by atomic mass is 9.77. The SMILES string of the molecule is COC(=O)[C@@H]1[C@H]2C(=O)N(C[C@H]3CCCO3)C[C@]23C=C[C@H]1O3. The van der Waals surface area contributed by atoms with Gasteiger partial charge in [0.1, 0.15) is 11.5 Å². The minimum atomic E-state index is -0.640. The van der Waals surface area contributed by atoms with Crippen LogP contribution in [0.1, 0.15) is 12.8 Å².